The van der Waals surface area contributed by atoms with Crippen LogP contribution in [0.25, 0.3) is 0 Å². The third-order valence-corrected chi connectivity index (χ3v) is 3.68. The van der Waals surface area contributed by atoms with Crippen molar-refractivity contribution < 1.29 is 17.9 Å². The number of rotatable bonds is 3. The van der Waals surface area contributed by atoms with E-state index in [1.54, 1.807) is 10.9 Å². The summed E-state index contributed by atoms with van der Waals surface area (Å²) in [6, 6.07) is 5.43. The molecule has 4 nitrogen and oxygen atoms in total. The molecule has 3 rings (SSSR count). The van der Waals surface area contributed by atoms with E-state index in [1.807, 2.05) is 0 Å². The summed E-state index contributed by atoms with van der Waals surface area (Å²) >= 11 is 0. The van der Waals surface area contributed by atoms with Gasteiger partial charge in [-0.1, -0.05) is 12.1 Å². The first-order chi connectivity index (χ1) is 10.5. The number of ether oxygens (including phenoxy) is 1. The third-order valence-electron chi connectivity index (χ3n) is 3.68. The Labute approximate surface area is 125 Å². The Morgan fingerprint density at radius 2 is 1.91 bits per heavy atom. The summed E-state index contributed by atoms with van der Waals surface area (Å²) in [6.45, 7) is 1.83. The minimum atomic E-state index is -4.44. The van der Waals surface area contributed by atoms with E-state index in [1.165, 1.54) is 24.4 Å². The molecule has 1 saturated heterocycles. The summed E-state index contributed by atoms with van der Waals surface area (Å²) in [5, 5.41) is 7.47. The first kappa shape index (κ1) is 14.9. The fraction of sp³-hybridized carbons (Fsp3) is 0.400. The molecule has 0 unspecified atom stereocenters. The fourth-order valence-electron chi connectivity index (χ4n) is 2.56. The van der Waals surface area contributed by atoms with Gasteiger partial charge in [0, 0.05) is 0 Å². The second kappa shape index (κ2) is 6.00. The SMILES string of the molecule is FC(F)(F)c1ccccc1Oc1cnn(C2CCNCC2)c1. The predicted octanol–water partition coefficient (Wildman–Crippen LogP) is 3.62. The van der Waals surface area contributed by atoms with Gasteiger partial charge in [0.25, 0.3) is 0 Å². The molecular formula is C15H16F3N3O. The Bertz CT molecular complexity index is 633. The molecule has 2 heterocycles. The van der Waals surface area contributed by atoms with Crippen molar-refractivity contribution >= 4 is 0 Å². The summed E-state index contributed by atoms with van der Waals surface area (Å²) in [5.74, 6) is 0.107. The van der Waals surface area contributed by atoms with Gasteiger partial charge in [0.15, 0.2) is 5.75 Å². The van der Waals surface area contributed by atoms with E-state index in [4.69, 9.17) is 4.74 Å². The number of aromatic nitrogens is 2. The minimum Gasteiger partial charge on any atom is -0.453 e. The first-order valence-corrected chi connectivity index (χ1v) is 7.13. The number of piperidine rings is 1. The molecule has 1 aliphatic heterocycles. The second-order valence-corrected chi connectivity index (χ2v) is 5.23. The molecule has 2 aromatic rings. The highest BCUT2D eigenvalue weighted by atomic mass is 19.4. The van der Waals surface area contributed by atoms with Gasteiger partial charge < -0.3 is 10.1 Å². The van der Waals surface area contributed by atoms with Crippen LogP contribution in [0.4, 0.5) is 13.2 Å². The van der Waals surface area contributed by atoms with Crippen LogP contribution >= 0.6 is 0 Å². The van der Waals surface area contributed by atoms with Gasteiger partial charge in [0.1, 0.15) is 5.75 Å². The van der Waals surface area contributed by atoms with Crippen LogP contribution in [0.3, 0.4) is 0 Å². The van der Waals surface area contributed by atoms with E-state index < -0.39 is 11.7 Å². The number of hydrogen-bond acceptors (Lipinski definition) is 3. The van der Waals surface area contributed by atoms with Crippen LogP contribution in [0.1, 0.15) is 24.4 Å². The van der Waals surface area contributed by atoms with Crippen molar-refractivity contribution in [1.82, 2.24) is 15.1 Å². The van der Waals surface area contributed by atoms with E-state index in [9.17, 15) is 13.2 Å². The van der Waals surface area contributed by atoms with E-state index in [0.717, 1.165) is 32.0 Å². The number of para-hydroxylation sites is 1. The van der Waals surface area contributed by atoms with Crippen LogP contribution in [-0.2, 0) is 6.18 Å². The summed E-state index contributed by atoms with van der Waals surface area (Å²) in [7, 11) is 0. The molecule has 0 radical (unpaired) electrons. The van der Waals surface area contributed by atoms with Crippen molar-refractivity contribution in [2.75, 3.05) is 13.1 Å². The smallest absolute Gasteiger partial charge is 0.419 e. The number of halogens is 3. The zero-order valence-electron chi connectivity index (χ0n) is 11.8. The zero-order valence-corrected chi connectivity index (χ0v) is 11.8. The molecule has 0 saturated carbocycles. The van der Waals surface area contributed by atoms with Crippen LogP contribution in [0.5, 0.6) is 11.5 Å². The van der Waals surface area contributed by atoms with Crippen LogP contribution < -0.4 is 10.1 Å². The molecule has 0 bridgehead atoms. The molecule has 1 aliphatic rings. The largest absolute Gasteiger partial charge is 0.453 e. The van der Waals surface area contributed by atoms with Crippen molar-refractivity contribution in [2.24, 2.45) is 0 Å². The molecule has 0 atom stereocenters. The second-order valence-electron chi connectivity index (χ2n) is 5.23. The molecule has 22 heavy (non-hydrogen) atoms. The highest BCUT2D eigenvalue weighted by Gasteiger charge is 2.34. The molecule has 1 aromatic heterocycles. The van der Waals surface area contributed by atoms with Crippen molar-refractivity contribution in [1.29, 1.82) is 0 Å². The van der Waals surface area contributed by atoms with Gasteiger partial charge >= 0.3 is 6.18 Å². The summed E-state index contributed by atoms with van der Waals surface area (Å²) in [5.41, 5.74) is -0.787. The Balaban J connectivity index is 1.78. The number of alkyl halides is 3. The van der Waals surface area contributed by atoms with Gasteiger partial charge in [-0.05, 0) is 38.1 Å². The van der Waals surface area contributed by atoms with Crippen molar-refractivity contribution in [2.45, 2.75) is 25.1 Å². The Morgan fingerprint density at radius 3 is 2.64 bits per heavy atom. The molecule has 1 aromatic carbocycles. The number of nitrogens with zero attached hydrogens (tertiary/aromatic N) is 2. The predicted molar refractivity (Wildman–Crippen MR) is 74.9 cm³/mol. The fourth-order valence-corrected chi connectivity index (χ4v) is 2.56. The summed E-state index contributed by atoms with van der Waals surface area (Å²) in [4.78, 5) is 0. The van der Waals surface area contributed by atoms with Gasteiger partial charge in [0.2, 0.25) is 0 Å². The van der Waals surface area contributed by atoms with E-state index in [-0.39, 0.29) is 11.8 Å². The highest BCUT2D eigenvalue weighted by Crippen LogP contribution is 2.37. The average Bonchev–Trinajstić information content (AvgIpc) is 2.96. The lowest BCUT2D eigenvalue weighted by Crippen LogP contribution is -2.29. The standard InChI is InChI=1S/C15H16F3N3O/c16-15(17,18)13-3-1-2-4-14(13)22-12-9-20-21(10-12)11-5-7-19-8-6-11/h1-4,9-11,19H,5-8H2. The molecule has 118 valence electrons. The maximum Gasteiger partial charge on any atom is 0.419 e. The van der Waals surface area contributed by atoms with E-state index in [0.29, 0.717) is 5.75 Å². The highest BCUT2D eigenvalue weighted by molar-refractivity contribution is 5.38. The minimum absolute atomic E-state index is 0.208. The van der Waals surface area contributed by atoms with Gasteiger partial charge in [0.05, 0.1) is 24.0 Å². The van der Waals surface area contributed by atoms with Gasteiger partial charge in [-0.3, -0.25) is 4.68 Å². The van der Waals surface area contributed by atoms with E-state index >= 15 is 0 Å². The molecule has 0 amide bonds. The molecule has 1 fully saturated rings. The lowest BCUT2D eigenvalue weighted by atomic mass is 10.1. The van der Waals surface area contributed by atoms with Crippen LogP contribution in [0.2, 0.25) is 0 Å². The van der Waals surface area contributed by atoms with Crippen molar-refractivity contribution in [3.05, 3.63) is 42.2 Å². The molecule has 0 spiro atoms. The van der Waals surface area contributed by atoms with Gasteiger partial charge in [-0.25, -0.2) is 0 Å². The summed E-state index contributed by atoms with van der Waals surface area (Å²) < 4.78 is 46.0. The van der Waals surface area contributed by atoms with Crippen LogP contribution in [0.15, 0.2) is 36.7 Å². The number of nitrogens with one attached hydrogen (secondary N) is 1. The van der Waals surface area contributed by atoms with Crippen LogP contribution in [-0.4, -0.2) is 22.9 Å². The average molecular weight is 311 g/mol. The van der Waals surface area contributed by atoms with Crippen LogP contribution in [0, 0.1) is 0 Å². The molecule has 7 heteroatoms. The lowest BCUT2D eigenvalue weighted by molar-refractivity contribution is -0.138. The summed E-state index contributed by atoms with van der Waals surface area (Å²) in [6.07, 6.45) is 0.556. The third kappa shape index (κ3) is 3.24. The lowest BCUT2D eigenvalue weighted by Gasteiger charge is -2.22. The Morgan fingerprint density at radius 1 is 1.18 bits per heavy atom. The maximum absolute atomic E-state index is 12.9. The topological polar surface area (TPSA) is 39.1 Å². The Kier molecular flexibility index (Phi) is 4.06. The monoisotopic (exact) mass is 311 g/mol. The number of benzene rings is 1. The zero-order chi connectivity index (χ0) is 15.6. The molecule has 1 N–H and O–H groups in total. The van der Waals surface area contributed by atoms with E-state index in [2.05, 4.69) is 10.4 Å². The normalized spacial score (nSPS) is 16.7. The number of hydrogen-bond donors (Lipinski definition) is 1. The van der Waals surface area contributed by atoms with Crippen molar-refractivity contribution in [3.8, 4) is 11.5 Å². The Hall–Kier alpha value is -2.02. The molecular weight excluding hydrogens is 295 g/mol. The van der Waals surface area contributed by atoms with Crippen molar-refractivity contribution in [3.63, 3.8) is 0 Å². The van der Waals surface area contributed by atoms with Gasteiger partial charge in [-0.15, -0.1) is 0 Å². The maximum atomic E-state index is 12.9. The quantitative estimate of drug-likeness (QED) is 0.941. The molecule has 0 aliphatic carbocycles. The van der Waals surface area contributed by atoms with Gasteiger partial charge in [-0.2, -0.15) is 18.3 Å². The first-order valence-electron chi connectivity index (χ1n) is 7.13.